The zero-order valence-electron chi connectivity index (χ0n) is 17.6. The van der Waals surface area contributed by atoms with E-state index in [0.717, 1.165) is 48.1 Å². The topological polar surface area (TPSA) is 26.3 Å². The number of ether oxygens (including phenoxy) is 1. The summed E-state index contributed by atoms with van der Waals surface area (Å²) in [7, 11) is 2.31. The van der Waals surface area contributed by atoms with Crippen LogP contribution in [0.2, 0.25) is 0 Å². The molecule has 0 aliphatic carbocycles. The summed E-state index contributed by atoms with van der Waals surface area (Å²) in [6, 6.07) is 30.5. The molecule has 0 unspecified atom stereocenters. The number of quaternary nitrogens is 1. The van der Waals surface area contributed by atoms with Crippen LogP contribution in [0, 0.1) is 0 Å². The lowest BCUT2D eigenvalue weighted by molar-refractivity contribution is -0.927. The van der Waals surface area contributed by atoms with Crippen molar-refractivity contribution in [3.05, 3.63) is 108 Å². The van der Waals surface area contributed by atoms with Crippen LogP contribution in [0.1, 0.15) is 35.4 Å². The molecule has 0 spiro atoms. The summed E-state index contributed by atoms with van der Waals surface area (Å²) >= 11 is 0. The lowest BCUT2D eigenvalue weighted by Crippen LogP contribution is -2.50. The van der Waals surface area contributed by atoms with Gasteiger partial charge in [-0.05, 0) is 11.1 Å². The van der Waals surface area contributed by atoms with Crippen molar-refractivity contribution in [2.75, 3.05) is 20.1 Å². The Morgan fingerprint density at radius 3 is 1.80 bits per heavy atom. The molecule has 0 bridgehead atoms. The molecule has 3 heteroatoms. The van der Waals surface area contributed by atoms with Gasteiger partial charge in [0.25, 0.3) is 0 Å². The molecule has 30 heavy (non-hydrogen) atoms. The van der Waals surface area contributed by atoms with E-state index < -0.39 is 0 Å². The molecule has 3 aromatic carbocycles. The van der Waals surface area contributed by atoms with E-state index in [-0.39, 0.29) is 18.0 Å². The monoisotopic (exact) mass is 400 g/mol. The molecule has 0 radical (unpaired) electrons. The number of piperidine rings is 1. The van der Waals surface area contributed by atoms with Crippen molar-refractivity contribution in [1.82, 2.24) is 0 Å². The van der Waals surface area contributed by atoms with Gasteiger partial charge >= 0.3 is 5.97 Å². The maximum atomic E-state index is 13.2. The average molecular weight is 401 g/mol. The van der Waals surface area contributed by atoms with Crippen LogP contribution in [0.3, 0.4) is 0 Å². The van der Waals surface area contributed by atoms with Gasteiger partial charge in [0.05, 0.1) is 20.1 Å². The Bertz CT molecular complexity index is 893. The summed E-state index contributed by atoms with van der Waals surface area (Å²) in [4.78, 5) is 13.2. The second kappa shape index (κ2) is 9.27. The number of rotatable bonds is 6. The maximum Gasteiger partial charge on any atom is 0.318 e. The van der Waals surface area contributed by atoms with E-state index in [1.165, 1.54) is 5.56 Å². The number of benzene rings is 3. The standard InChI is InChI=1S/C27H30NO2/c1-28(21-22-11-5-2-6-12-22)19-17-25(18-20-28)30-27(29)26(23-13-7-3-8-14-23)24-15-9-4-10-16-24/h2-16,25-26H,17-21H2,1H3/q+1. The van der Waals surface area contributed by atoms with Gasteiger partial charge in [0.2, 0.25) is 0 Å². The molecule has 1 fully saturated rings. The normalized spacial score (nSPS) is 21.3. The van der Waals surface area contributed by atoms with Gasteiger partial charge < -0.3 is 9.22 Å². The highest BCUT2D eigenvalue weighted by Gasteiger charge is 2.34. The summed E-state index contributed by atoms with van der Waals surface area (Å²) in [5.74, 6) is -0.518. The highest BCUT2D eigenvalue weighted by atomic mass is 16.5. The van der Waals surface area contributed by atoms with Crippen LogP contribution in [-0.2, 0) is 16.1 Å². The molecule has 4 rings (SSSR count). The zero-order chi connectivity index (χ0) is 20.8. The van der Waals surface area contributed by atoms with Crippen LogP contribution in [0.25, 0.3) is 0 Å². The molecule has 154 valence electrons. The number of carbonyl (C=O) groups is 1. The summed E-state index contributed by atoms with van der Waals surface area (Å²) in [5.41, 5.74) is 3.33. The van der Waals surface area contributed by atoms with Crippen molar-refractivity contribution in [3.63, 3.8) is 0 Å². The lowest BCUT2D eigenvalue weighted by atomic mass is 9.91. The van der Waals surface area contributed by atoms with Crippen molar-refractivity contribution >= 4 is 5.97 Å². The minimum absolute atomic E-state index is 0.00519. The van der Waals surface area contributed by atoms with E-state index in [1.807, 2.05) is 60.7 Å². The molecule has 0 aromatic heterocycles. The third-order valence-corrected chi connectivity index (χ3v) is 6.17. The molecule has 0 atom stereocenters. The second-order valence-corrected chi connectivity index (χ2v) is 8.60. The minimum Gasteiger partial charge on any atom is -0.461 e. The second-order valence-electron chi connectivity index (χ2n) is 8.60. The number of nitrogens with zero attached hydrogens (tertiary/aromatic N) is 1. The highest BCUT2D eigenvalue weighted by Crippen LogP contribution is 2.29. The van der Waals surface area contributed by atoms with Crippen LogP contribution >= 0.6 is 0 Å². The number of hydrogen-bond donors (Lipinski definition) is 0. The zero-order valence-corrected chi connectivity index (χ0v) is 17.6. The Balaban J connectivity index is 1.41. The third kappa shape index (κ3) is 4.98. The van der Waals surface area contributed by atoms with Crippen LogP contribution in [0.5, 0.6) is 0 Å². The summed E-state index contributed by atoms with van der Waals surface area (Å²) in [5, 5.41) is 0. The molecule has 1 aliphatic rings. The van der Waals surface area contributed by atoms with E-state index in [0.29, 0.717) is 0 Å². The summed E-state index contributed by atoms with van der Waals surface area (Å²) in [6.07, 6.45) is 1.81. The molecule has 3 nitrogen and oxygen atoms in total. The predicted octanol–water partition coefficient (Wildman–Crippen LogP) is 5.17. The Kier molecular flexibility index (Phi) is 6.29. The average Bonchev–Trinajstić information content (AvgIpc) is 2.78. The van der Waals surface area contributed by atoms with Crippen LogP contribution in [0.4, 0.5) is 0 Å². The van der Waals surface area contributed by atoms with Gasteiger partial charge in [-0.25, -0.2) is 0 Å². The third-order valence-electron chi connectivity index (χ3n) is 6.17. The van der Waals surface area contributed by atoms with E-state index in [1.54, 1.807) is 0 Å². The van der Waals surface area contributed by atoms with E-state index in [2.05, 4.69) is 37.4 Å². The van der Waals surface area contributed by atoms with Gasteiger partial charge in [0, 0.05) is 18.4 Å². The van der Waals surface area contributed by atoms with Gasteiger partial charge in [-0.3, -0.25) is 4.79 Å². The van der Waals surface area contributed by atoms with Crippen LogP contribution in [0.15, 0.2) is 91.0 Å². The minimum atomic E-state index is -0.375. The van der Waals surface area contributed by atoms with E-state index in [9.17, 15) is 4.79 Å². The lowest BCUT2D eigenvalue weighted by Gasteiger charge is -2.40. The Hall–Kier alpha value is -2.91. The summed E-state index contributed by atoms with van der Waals surface area (Å²) < 4.78 is 7.06. The SMILES string of the molecule is C[N+]1(Cc2ccccc2)CCC(OC(=O)C(c2ccccc2)c2ccccc2)CC1. The largest absolute Gasteiger partial charge is 0.461 e. The molecule has 1 saturated heterocycles. The fraction of sp³-hybridized carbons (Fsp3) is 0.296. The first-order valence-corrected chi connectivity index (χ1v) is 10.8. The summed E-state index contributed by atoms with van der Waals surface area (Å²) in [6.45, 7) is 3.07. The molecule has 1 aliphatic heterocycles. The quantitative estimate of drug-likeness (QED) is 0.421. The first kappa shape index (κ1) is 20.4. The van der Waals surface area contributed by atoms with Crippen molar-refractivity contribution < 1.29 is 14.0 Å². The first-order chi connectivity index (χ1) is 14.6. The van der Waals surface area contributed by atoms with Crippen molar-refractivity contribution in [2.24, 2.45) is 0 Å². The van der Waals surface area contributed by atoms with Crippen molar-refractivity contribution in [3.8, 4) is 0 Å². The Labute approximate surface area is 179 Å². The van der Waals surface area contributed by atoms with E-state index in [4.69, 9.17) is 4.74 Å². The first-order valence-electron chi connectivity index (χ1n) is 10.8. The van der Waals surface area contributed by atoms with E-state index >= 15 is 0 Å². The maximum absolute atomic E-state index is 13.2. The fourth-order valence-electron chi connectivity index (χ4n) is 4.46. The molecular weight excluding hydrogens is 370 g/mol. The van der Waals surface area contributed by atoms with Crippen molar-refractivity contribution in [1.29, 1.82) is 0 Å². The Morgan fingerprint density at radius 2 is 1.30 bits per heavy atom. The molecular formula is C27H30NO2+. The van der Waals surface area contributed by atoms with Gasteiger partial charge in [-0.2, -0.15) is 0 Å². The van der Waals surface area contributed by atoms with Gasteiger partial charge in [-0.1, -0.05) is 91.0 Å². The Morgan fingerprint density at radius 1 is 0.833 bits per heavy atom. The smallest absolute Gasteiger partial charge is 0.318 e. The highest BCUT2D eigenvalue weighted by molar-refractivity contribution is 5.82. The molecule has 0 N–H and O–H groups in total. The number of carbonyl (C=O) groups excluding carboxylic acids is 1. The van der Waals surface area contributed by atoms with Gasteiger partial charge in [0.1, 0.15) is 18.6 Å². The predicted molar refractivity (Wildman–Crippen MR) is 120 cm³/mol. The molecule has 3 aromatic rings. The number of hydrogen-bond acceptors (Lipinski definition) is 2. The number of likely N-dealkylation sites (tertiary alicyclic amines) is 1. The van der Waals surface area contributed by atoms with Crippen molar-refractivity contribution in [2.45, 2.75) is 31.4 Å². The molecule has 0 amide bonds. The molecule has 0 saturated carbocycles. The fourth-order valence-corrected chi connectivity index (χ4v) is 4.46. The van der Waals surface area contributed by atoms with Gasteiger partial charge in [-0.15, -0.1) is 0 Å². The number of esters is 1. The van der Waals surface area contributed by atoms with Crippen LogP contribution in [-0.4, -0.2) is 36.7 Å². The van der Waals surface area contributed by atoms with Crippen LogP contribution < -0.4 is 0 Å². The molecule has 1 heterocycles. The van der Waals surface area contributed by atoms with Gasteiger partial charge in [0.15, 0.2) is 0 Å².